The lowest BCUT2D eigenvalue weighted by Crippen LogP contribution is -2.32. The molecule has 1 aromatic heterocycles. The number of alkyl halides is 3. The molecule has 5 heteroatoms. The Morgan fingerprint density at radius 1 is 0.857 bits per heavy atom. The third-order valence-electron chi connectivity index (χ3n) is 5.26. The zero-order valence-corrected chi connectivity index (χ0v) is 16.1. The molecule has 0 fully saturated rings. The minimum absolute atomic E-state index is 0.555. The molecule has 2 nitrogen and oxygen atoms in total. The molecule has 1 heterocycles. The van der Waals surface area contributed by atoms with Crippen LogP contribution in [0.25, 0.3) is 33.1 Å². The van der Waals surface area contributed by atoms with E-state index in [-0.39, 0.29) is 0 Å². The van der Waals surface area contributed by atoms with Gasteiger partial charge in [0.15, 0.2) is 5.52 Å². The van der Waals surface area contributed by atoms with Crippen molar-refractivity contribution in [2.24, 2.45) is 7.05 Å². The first-order valence-electron chi connectivity index (χ1n) is 9.03. The molecule has 4 rings (SSSR count). The maximum Gasteiger partial charge on any atom is 0.416 e. The Bertz CT molecular complexity index is 1240. The number of aryl methyl sites for hydroxylation is 3. The van der Waals surface area contributed by atoms with E-state index in [2.05, 4.69) is 32.9 Å². The minimum atomic E-state index is -4.35. The highest BCUT2D eigenvalue weighted by molar-refractivity contribution is 5.96. The van der Waals surface area contributed by atoms with Gasteiger partial charge >= 0.3 is 12.0 Å². The van der Waals surface area contributed by atoms with Crippen molar-refractivity contribution in [2.45, 2.75) is 26.9 Å². The van der Waals surface area contributed by atoms with E-state index in [4.69, 9.17) is 4.98 Å². The van der Waals surface area contributed by atoms with Gasteiger partial charge in [0.05, 0.1) is 23.6 Å². The summed E-state index contributed by atoms with van der Waals surface area (Å²) in [4.78, 5) is 4.85. The highest BCUT2D eigenvalue weighted by Crippen LogP contribution is 2.33. The van der Waals surface area contributed by atoms with E-state index >= 15 is 0 Å². The van der Waals surface area contributed by atoms with Crippen LogP contribution in [-0.2, 0) is 13.2 Å². The summed E-state index contributed by atoms with van der Waals surface area (Å²) in [5.74, 6) is 0.836. The smallest absolute Gasteiger partial charge is 0.232 e. The van der Waals surface area contributed by atoms with E-state index in [9.17, 15) is 13.2 Å². The van der Waals surface area contributed by atoms with Crippen LogP contribution in [0.1, 0.15) is 22.3 Å². The summed E-state index contributed by atoms with van der Waals surface area (Å²) in [5, 5.41) is 2.10. The Morgan fingerprint density at radius 3 is 2.32 bits per heavy atom. The maximum atomic E-state index is 13.0. The van der Waals surface area contributed by atoms with Gasteiger partial charge in [-0.15, -0.1) is 0 Å². The second kappa shape index (κ2) is 6.30. The SMILES string of the molecule is Cc1cc(C)c(C)c(-c2nc3cc4ccc(C(F)(F)F)cc4cc3c[n+]2C)c1. The summed E-state index contributed by atoms with van der Waals surface area (Å²) in [6, 6.07) is 11.7. The van der Waals surface area contributed by atoms with Crippen molar-refractivity contribution in [1.82, 2.24) is 4.98 Å². The number of aromatic nitrogens is 2. The van der Waals surface area contributed by atoms with Gasteiger partial charge in [0.1, 0.15) is 6.20 Å². The van der Waals surface area contributed by atoms with Crippen molar-refractivity contribution in [1.29, 1.82) is 0 Å². The third-order valence-corrected chi connectivity index (χ3v) is 5.26. The van der Waals surface area contributed by atoms with E-state index in [0.717, 1.165) is 39.3 Å². The molecule has 0 saturated carbocycles. The molecule has 0 saturated heterocycles. The standard InChI is InChI=1S/C23H20F3N2/c1-13-7-14(2)15(3)20(8-13)22-27-21-11-16-5-6-19(23(24,25)26)10-17(16)9-18(21)12-28(22)4/h5-12H,1-4H3/q+1. The first-order chi connectivity index (χ1) is 13.1. The highest BCUT2D eigenvalue weighted by atomic mass is 19.4. The number of nitrogens with zero attached hydrogens (tertiary/aromatic N) is 2. The average Bonchev–Trinajstić information content (AvgIpc) is 2.61. The van der Waals surface area contributed by atoms with Crippen LogP contribution >= 0.6 is 0 Å². The van der Waals surface area contributed by atoms with Crippen molar-refractivity contribution in [2.75, 3.05) is 0 Å². The zero-order valence-electron chi connectivity index (χ0n) is 16.1. The van der Waals surface area contributed by atoms with Crippen LogP contribution in [0.15, 0.2) is 48.7 Å². The first kappa shape index (κ1) is 18.4. The van der Waals surface area contributed by atoms with Crippen LogP contribution in [0.2, 0.25) is 0 Å². The predicted molar refractivity (Wildman–Crippen MR) is 105 cm³/mol. The molecule has 0 spiro atoms. The Balaban J connectivity index is 1.95. The molecular formula is C23H20F3N2+. The molecule has 0 amide bonds. The summed E-state index contributed by atoms with van der Waals surface area (Å²) in [7, 11) is 1.91. The van der Waals surface area contributed by atoms with Gasteiger partial charge < -0.3 is 0 Å². The second-order valence-corrected chi connectivity index (χ2v) is 7.40. The molecule has 142 valence electrons. The fraction of sp³-hybridized carbons (Fsp3) is 0.217. The van der Waals surface area contributed by atoms with Crippen molar-refractivity contribution in [3.63, 3.8) is 0 Å². The molecule has 0 aliphatic rings. The number of benzene rings is 3. The Kier molecular flexibility index (Phi) is 4.14. The number of rotatable bonds is 1. The van der Waals surface area contributed by atoms with Crippen LogP contribution < -0.4 is 4.57 Å². The summed E-state index contributed by atoms with van der Waals surface area (Å²) in [5.41, 5.74) is 4.73. The van der Waals surface area contributed by atoms with Crippen molar-refractivity contribution in [3.05, 3.63) is 70.9 Å². The Hall–Kier alpha value is -2.95. The Morgan fingerprint density at radius 2 is 1.61 bits per heavy atom. The first-order valence-corrected chi connectivity index (χ1v) is 9.03. The van der Waals surface area contributed by atoms with Gasteiger partial charge in [0, 0.05) is 0 Å². The molecule has 0 aliphatic heterocycles. The average molecular weight is 381 g/mol. The number of hydrogen-bond donors (Lipinski definition) is 0. The Labute approximate surface area is 161 Å². The third kappa shape index (κ3) is 3.11. The lowest BCUT2D eigenvalue weighted by Gasteiger charge is -2.10. The lowest BCUT2D eigenvalue weighted by atomic mass is 9.99. The number of halogens is 3. The number of hydrogen-bond acceptors (Lipinski definition) is 1. The number of fused-ring (bicyclic) bond motifs is 2. The monoisotopic (exact) mass is 381 g/mol. The minimum Gasteiger partial charge on any atom is -0.232 e. The fourth-order valence-electron chi connectivity index (χ4n) is 3.66. The van der Waals surface area contributed by atoms with Crippen molar-refractivity contribution in [3.8, 4) is 11.4 Å². The molecule has 0 radical (unpaired) electrons. The molecule has 3 aromatic carbocycles. The van der Waals surface area contributed by atoms with Gasteiger partial charge in [-0.1, -0.05) is 12.1 Å². The molecule has 4 aromatic rings. The lowest BCUT2D eigenvalue weighted by molar-refractivity contribution is -0.661. The predicted octanol–water partition coefficient (Wildman–Crippen LogP) is 5.82. The summed E-state index contributed by atoms with van der Waals surface area (Å²) >= 11 is 0. The summed E-state index contributed by atoms with van der Waals surface area (Å²) in [6.45, 7) is 6.22. The van der Waals surface area contributed by atoms with E-state index < -0.39 is 11.7 Å². The van der Waals surface area contributed by atoms with Crippen LogP contribution in [-0.4, -0.2) is 4.98 Å². The normalized spacial score (nSPS) is 12.1. The molecule has 0 atom stereocenters. The van der Waals surface area contributed by atoms with E-state index in [1.165, 1.54) is 23.3 Å². The fourth-order valence-corrected chi connectivity index (χ4v) is 3.66. The quantitative estimate of drug-likeness (QED) is 0.300. The van der Waals surface area contributed by atoms with Crippen molar-refractivity contribution < 1.29 is 17.7 Å². The molecule has 0 aliphatic carbocycles. The maximum absolute atomic E-state index is 13.0. The second-order valence-electron chi connectivity index (χ2n) is 7.40. The van der Waals surface area contributed by atoms with Crippen LogP contribution in [0.3, 0.4) is 0 Å². The van der Waals surface area contributed by atoms with Gasteiger partial charge in [0.25, 0.3) is 0 Å². The van der Waals surface area contributed by atoms with Crippen LogP contribution in [0.5, 0.6) is 0 Å². The van der Waals surface area contributed by atoms with Gasteiger partial charge in [-0.05, 0) is 83.5 Å². The van der Waals surface area contributed by atoms with Crippen LogP contribution in [0, 0.1) is 20.8 Å². The van der Waals surface area contributed by atoms with Crippen LogP contribution in [0.4, 0.5) is 13.2 Å². The van der Waals surface area contributed by atoms with E-state index in [1.54, 1.807) is 6.07 Å². The molecule has 0 N–H and O–H groups in total. The largest absolute Gasteiger partial charge is 0.416 e. The van der Waals surface area contributed by atoms with Gasteiger partial charge in [-0.25, -0.2) is 4.57 Å². The van der Waals surface area contributed by atoms with E-state index in [0.29, 0.717) is 5.39 Å². The molecule has 0 unspecified atom stereocenters. The zero-order chi connectivity index (χ0) is 20.2. The van der Waals surface area contributed by atoms with Gasteiger partial charge in [-0.2, -0.15) is 13.2 Å². The van der Waals surface area contributed by atoms with Gasteiger partial charge in [0.2, 0.25) is 0 Å². The summed E-state index contributed by atoms with van der Waals surface area (Å²) in [6.07, 6.45) is -2.43. The summed E-state index contributed by atoms with van der Waals surface area (Å²) < 4.78 is 41.0. The van der Waals surface area contributed by atoms with Gasteiger partial charge in [-0.3, -0.25) is 0 Å². The van der Waals surface area contributed by atoms with Crippen molar-refractivity contribution >= 4 is 21.7 Å². The molecule has 0 bridgehead atoms. The molecular weight excluding hydrogens is 361 g/mol. The van der Waals surface area contributed by atoms with E-state index in [1.807, 2.05) is 23.9 Å². The molecule has 28 heavy (non-hydrogen) atoms. The highest BCUT2D eigenvalue weighted by Gasteiger charge is 2.30. The topological polar surface area (TPSA) is 16.8 Å².